The molecule has 21 heavy (non-hydrogen) atoms. The number of aromatic nitrogens is 1. The van der Waals surface area contributed by atoms with E-state index in [0.717, 1.165) is 5.56 Å². The zero-order valence-corrected chi connectivity index (χ0v) is 12.6. The maximum atomic E-state index is 12.3. The van der Waals surface area contributed by atoms with Gasteiger partial charge in [0.1, 0.15) is 0 Å². The van der Waals surface area contributed by atoms with Crippen LogP contribution in [0.1, 0.15) is 25.3 Å². The largest absolute Gasteiger partial charge is 0.290 e. The van der Waals surface area contributed by atoms with E-state index < -0.39 is 10.0 Å². The van der Waals surface area contributed by atoms with Crippen molar-refractivity contribution in [2.45, 2.75) is 24.7 Å². The molecular weight excluding hydrogens is 290 g/mol. The van der Waals surface area contributed by atoms with Gasteiger partial charge in [0, 0.05) is 12.3 Å². The van der Waals surface area contributed by atoms with Gasteiger partial charge in [0.15, 0.2) is 5.82 Å². The molecule has 0 unspecified atom stereocenters. The fourth-order valence-electron chi connectivity index (χ4n) is 1.80. The van der Waals surface area contributed by atoms with E-state index >= 15 is 0 Å². The third-order valence-electron chi connectivity index (χ3n) is 2.98. The minimum absolute atomic E-state index is 0.158. The molecule has 7 heteroatoms. The van der Waals surface area contributed by atoms with Crippen molar-refractivity contribution in [3.63, 3.8) is 0 Å². The third-order valence-corrected chi connectivity index (χ3v) is 4.38. The summed E-state index contributed by atoms with van der Waals surface area (Å²) in [4.78, 5) is 3.98. The van der Waals surface area contributed by atoms with Gasteiger partial charge in [-0.05, 0) is 29.7 Å². The molecule has 0 aliphatic heterocycles. The van der Waals surface area contributed by atoms with E-state index in [1.807, 2.05) is 19.3 Å². The summed E-state index contributed by atoms with van der Waals surface area (Å²) < 4.78 is 27.0. The van der Waals surface area contributed by atoms with Crippen LogP contribution in [0, 0.1) is 0 Å². The van der Waals surface area contributed by atoms with E-state index in [1.54, 1.807) is 24.3 Å². The number of hydrogen-bond acceptors (Lipinski definition) is 5. The average Bonchev–Trinajstić information content (AvgIpc) is 2.47. The van der Waals surface area contributed by atoms with Gasteiger partial charge in [0.05, 0.1) is 10.6 Å². The van der Waals surface area contributed by atoms with Gasteiger partial charge in [-0.3, -0.25) is 15.4 Å². The first-order chi connectivity index (χ1) is 9.92. The highest BCUT2D eigenvalue weighted by Gasteiger charge is 2.14. The van der Waals surface area contributed by atoms with E-state index in [-0.39, 0.29) is 10.7 Å². The first-order valence-electron chi connectivity index (χ1n) is 6.41. The van der Waals surface area contributed by atoms with Gasteiger partial charge in [-0.15, -0.1) is 0 Å². The number of nitrogens with zero attached hydrogens (tertiary/aromatic N) is 1. The van der Waals surface area contributed by atoms with Crippen LogP contribution in [-0.2, 0) is 10.0 Å². The van der Waals surface area contributed by atoms with Gasteiger partial charge in [-0.25, -0.2) is 13.4 Å². The van der Waals surface area contributed by atoms with Crippen LogP contribution in [0.5, 0.6) is 0 Å². The van der Waals surface area contributed by atoms with E-state index in [4.69, 9.17) is 5.21 Å². The van der Waals surface area contributed by atoms with Crippen LogP contribution in [0.4, 0.5) is 11.5 Å². The lowest BCUT2D eigenvalue weighted by molar-refractivity contribution is 0.386. The van der Waals surface area contributed by atoms with Crippen LogP contribution < -0.4 is 10.2 Å². The topological polar surface area (TPSA) is 91.3 Å². The molecule has 0 spiro atoms. The lowest BCUT2D eigenvalue weighted by atomic mass is 10.0. The van der Waals surface area contributed by atoms with Crippen molar-refractivity contribution in [3.05, 3.63) is 48.2 Å². The lowest BCUT2D eigenvalue weighted by Crippen LogP contribution is -2.13. The minimum Gasteiger partial charge on any atom is -0.290 e. The van der Waals surface area contributed by atoms with Gasteiger partial charge in [0.2, 0.25) is 0 Å². The Morgan fingerprint density at radius 2 is 1.81 bits per heavy atom. The van der Waals surface area contributed by atoms with Gasteiger partial charge in [-0.2, -0.15) is 0 Å². The van der Waals surface area contributed by atoms with Crippen LogP contribution in [-0.4, -0.2) is 18.6 Å². The minimum atomic E-state index is -3.67. The molecule has 0 saturated carbocycles. The van der Waals surface area contributed by atoms with E-state index in [1.165, 1.54) is 18.3 Å². The second-order valence-electron chi connectivity index (χ2n) is 4.87. The summed E-state index contributed by atoms with van der Waals surface area (Å²) in [5, 5.41) is 8.77. The average molecular weight is 307 g/mol. The molecule has 1 heterocycles. The number of anilines is 2. The molecule has 112 valence electrons. The Labute approximate surface area is 123 Å². The van der Waals surface area contributed by atoms with Gasteiger partial charge in [0.25, 0.3) is 10.0 Å². The van der Waals surface area contributed by atoms with Crippen molar-refractivity contribution in [2.24, 2.45) is 0 Å². The second kappa shape index (κ2) is 6.11. The quantitative estimate of drug-likeness (QED) is 0.739. The molecule has 6 nitrogen and oxygen atoms in total. The molecule has 0 radical (unpaired) electrons. The van der Waals surface area contributed by atoms with Crippen molar-refractivity contribution in [2.75, 3.05) is 10.2 Å². The normalized spacial score (nSPS) is 11.4. The summed E-state index contributed by atoms with van der Waals surface area (Å²) >= 11 is 0. The molecule has 2 aromatic rings. The summed E-state index contributed by atoms with van der Waals surface area (Å²) in [5.41, 5.74) is 3.25. The Morgan fingerprint density at radius 3 is 2.38 bits per heavy atom. The third kappa shape index (κ3) is 3.71. The Bertz CT molecular complexity index is 712. The summed E-state index contributed by atoms with van der Waals surface area (Å²) in [7, 11) is -3.67. The van der Waals surface area contributed by atoms with Crippen molar-refractivity contribution in [1.29, 1.82) is 0 Å². The summed E-state index contributed by atoms with van der Waals surface area (Å²) in [6, 6.07) is 9.63. The number of rotatable bonds is 5. The highest BCUT2D eigenvalue weighted by atomic mass is 32.2. The maximum Gasteiger partial charge on any atom is 0.261 e. The molecule has 0 aliphatic carbocycles. The van der Waals surface area contributed by atoms with Gasteiger partial charge < -0.3 is 0 Å². The second-order valence-corrected chi connectivity index (χ2v) is 6.55. The van der Waals surface area contributed by atoms with E-state index in [9.17, 15) is 8.42 Å². The molecule has 0 atom stereocenters. The SMILES string of the molecule is CC(C)c1ccc(S(=O)(=O)Nc2ccnc(NO)c2)cc1. The van der Waals surface area contributed by atoms with Crippen molar-refractivity contribution in [1.82, 2.24) is 4.98 Å². The molecule has 0 aliphatic rings. The Hall–Kier alpha value is -2.12. The molecule has 1 aromatic carbocycles. The molecule has 0 fully saturated rings. The number of hydrogen-bond donors (Lipinski definition) is 3. The van der Waals surface area contributed by atoms with Gasteiger partial charge in [-0.1, -0.05) is 26.0 Å². The first-order valence-corrected chi connectivity index (χ1v) is 7.89. The highest BCUT2D eigenvalue weighted by Crippen LogP contribution is 2.20. The Kier molecular flexibility index (Phi) is 4.44. The van der Waals surface area contributed by atoms with Crippen LogP contribution in [0.2, 0.25) is 0 Å². The molecule has 0 saturated heterocycles. The van der Waals surface area contributed by atoms with E-state index in [0.29, 0.717) is 11.6 Å². The van der Waals surface area contributed by atoms with Crippen molar-refractivity contribution >= 4 is 21.5 Å². The predicted octanol–water partition coefficient (Wildman–Crippen LogP) is 2.81. The number of sulfonamides is 1. The van der Waals surface area contributed by atoms with E-state index in [2.05, 4.69) is 9.71 Å². The maximum absolute atomic E-state index is 12.3. The molecule has 0 amide bonds. The molecule has 0 bridgehead atoms. The molecular formula is C14H17N3O3S. The molecule has 1 aromatic heterocycles. The van der Waals surface area contributed by atoms with Crippen LogP contribution >= 0.6 is 0 Å². The Balaban J connectivity index is 2.25. The zero-order valence-electron chi connectivity index (χ0n) is 11.7. The fraction of sp³-hybridized carbons (Fsp3) is 0.214. The van der Waals surface area contributed by atoms with Gasteiger partial charge >= 0.3 is 0 Å². The number of nitrogens with one attached hydrogen (secondary N) is 2. The highest BCUT2D eigenvalue weighted by molar-refractivity contribution is 7.92. The predicted molar refractivity (Wildman–Crippen MR) is 81.0 cm³/mol. The molecule has 2 rings (SSSR count). The fourth-order valence-corrected chi connectivity index (χ4v) is 2.85. The van der Waals surface area contributed by atoms with Crippen LogP contribution in [0.15, 0.2) is 47.5 Å². The van der Waals surface area contributed by atoms with Crippen LogP contribution in [0.3, 0.4) is 0 Å². The molecule has 3 N–H and O–H groups in total. The number of benzene rings is 1. The Morgan fingerprint density at radius 1 is 1.14 bits per heavy atom. The smallest absolute Gasteiger partial charge is 0.261 e. The standard InChI is InChI=1S/C14H17N3O3S/c1-10(2)11-3-5-13(6-4-11)21(19,20)17-12-7-8-15-14(9-12)16-18/h3-10,18H,1-2H3,(H2,15,16,17). The summed E-state index contributed by atoms with van der Waals surface area (Å²) in [6.07, 6.45) is 1.39. The summed E-state index contributed by atoms with van der Waals surface area (Å²) in [6.45, 7) is 4.09. The monoisotopic (exact) mass is 307 g/mol. The summed E-state index contributed by atoms with van der Waals surface area (Å²) in [5.74, 6) is 0.499. The zero-order chi connectivity index (χ0) is 15.5. The van der Waals surface area contributed by atoms with Crippen molar-refractivity contribution in [3.8, 4) is 0 Å². The lowest BCUT2D eigenvalue weighted by Gasteiger charge is -2.10. The van der Waals surface area contributed by atoms with Crippen molar-refractivity contribution < 1.29 is 13.6 Å². The number of pyridine rings is 1. The van der Waals surface area contributed by atoms with Crippen LogP contribution in [0.25, 0.3) is 0 Å². The first kappa shape index (κ1) is 15.3.